The number of halogens is 1. The van der Waals surface area contributed by atoms with Crippen LogP contribution in [0.25, 0.3) is 10.8 Å². The van der Waals surface area contributed by atoms with E-state index in [1.54, 1.807) is 30.6 Å². The number of hydrogen-bond donors (Lipinski definition) is 2. The van der Waals surface area contributed by atoms with Gasteiger partial charge in [0.05, 0.1) is 4.90 Å². The van der Waals surface area contributed by atoms with Crippen LogP contribution < -0.4 is 10.0 Å². The van der Waals surface area contributed by atoms with Crippen LogP contribution in [0.3, 0.4) is 0 Å². The van der Waals surface area contributed by atoms with Gasteiger partial charge in [0.2, 0.25) is 10.0 Å². The normalized spacial score (nSPS) is 16.4. The molecule has 1 fully saturated rings. The van der Waals surface area contributed by atoms with Crippen LogP contribution in [0.15, 0.2) is 41.6 Å². The highest BCUT2D eigenvalue weighted by molar-refractivity contribution is 7.89. The van der Waals surface area contributed by atoms with Gasteiger partial charge in [0.1, 0.15) is 0 Å². The number of pyridine rings is 1. The van der Waals surface area contributed by atoms with Crippen molar-refractivity contribution in [2.45, 2.75) is 37.1 Å². The van der Waals surface area contributed by atoms with Crippen LogP contribution in [0, 0.1) is 5.92 Å². The third-order valence-corrected chi connectivity index (χ3v) is 5.97. The highest BCUT2D eigenvalue weighted by Crippen LogP contribution is 2.25. The maximum atomic E-state index is 12.5. The summed E-state index contributed by atoms with van der Waals surface area (Å²) in [5.41, 5.74) is 0. The molecule has 1 atom stereocenters. The first kappa shape index (κ1) is 19.1. The molecule has 3 rings (SSSR count). The molecule has 0 aliphatic heterocycles. The zero-order chi connectivity index (χ0) is 16.3. The van der Waals surface area contributed by atoms with Crippen molar-refractivity contribution in [2.75, 3.05) is 13.1 Å². The van der Waals surface area contributed by atoms with Gasteiger partial charge in [-0.05, 0) is 55.8 Å². The monoisotopic (exact) mass is 369 g/mol. The molecule has 1 heterocycles. The van der Waals surface area contributed by atoms with Crippen molar-refractivity contribution >= 4 is 33.2 Å². The maximum Gasteiger partial charge on any atom is 0.240 e. The second kappa shape index (κ2) is 8.25. The molecule has 0 bridgehead atoms. The fraction of sp³-hybridized carbons (Fsp3) is 0.471. The summed E-state index contributed by atoms with van der Waals surface area (Å²) < 4.78 is 27.7. The van der Waals surface area contributed by atoms with Gasteiger partial charge in [-0.15, -0.1) is 12.4 Å². The smallest absolute Gasteiger partial charge is 0.240 e. The Morgan fingerprint density at radius 3 is 2.75 bits per heavy atom. The summed E-state index contributed by atoms with van der Waals surface area (Å²) in [6.45, 7) is 3.51. The molecule has 1 saturated carbocycles. The van der Waals surface area contributed by atoms with Crippen molar-refractivity contribution in [3.63, 3.8) is 0 Å². The molecule has 1 aromatic carbocycles. The fourth-order valence-electron chi connectivity index (χ4n) is 2.80. The molecule has 0 spiro atoms. The van der Waals surface area contributed by atoms with E-state index in [4.69, 9.17) is 0 Å². The number of benzene rings is 1. The number of aromatic nitrogens is 1. The Labute approximate surface area is 149 Å². The van der Waals surface area contributed by atoms with Gasteiger partial charge in [-0.3, -0.25) is 4.98 Å². The third-order valence-electron chi connectivity index (χ3n) is 4.39. The molecule has 0 amide bonds. The average molecular weight is 370 g/mol. The summed E-state index contributed by atoms with van der Waals surface area (Å²) in [6.07, 6.45) is 7.30. The van der Waals surface area contributed by atoms with E-state index >= 15 is 0 Å². The number of fused-ring (bicyclic) bond motifs is 1. The zero-order valence-corrected chi connectivity index (χ0v) is 15.4. The van der Waals surface area contributed by atoms with Crippen molar-refractivity contribution in [1.29, 1.82) is 0 Å². The zero-order valence-electron chi connectivity index (χ0n) is 13.7. The molecule has 7 heteroatoms. The van der Waals surface area contributed by atoms with Crippen molar-refractivity contribution in [3.8, 4) is 0 Å². The van der Waals surface area contributed by atoms with Crippen molar-refractivity contribution < 1.29 is 8.42 Å². The summed E-state index contributed by atoms with van der Waals surface area (Å²) in [5, 5.41) is 5.16. The number of nitrogens with zero attached hydrogens (tertiary/aromatic N) is 1. The molecule has 5 nitrogen and oxygen atoms in total. The Bertz CT molecular complexity index is 778. The first-order valence-corrected chi connectivity index (χ1v) is 9.60. The summed E-state index contributed by atoms with van der Waals surface area (Å²) in [4.78, 5) is 4.33. The van der Waals surface area contributed by atoms with Gasteiger partial charge in [0.15, 0.2) is 0 Å². The van der Waals surface area contributed by atoms with Gasteiger partial charge in [-0.25, -0.2) is 13.1 Å². The van der Waals surface area contributed by atoms with Gasteiger partial charge in [-0.1, -0.05) is 12.5 Å². The number of hydrogen-bond acceptors (Lipinski definition) is 4. The second-order valence-electron chi connectivity index (χ2n) is 6.36. The molecule has 0 unspecified atom stereocenters. The predicted molar refractivity (Wildman–Crippen MR) is 99.0 cm³/mol. The van der Waals surface area contributed by atoms with E-state index in [0.29, 0.717) is 11.4 Å². The highest BCUT2D eigenvalue weighted by Gasteiger charge is 2.19. The lowest BCUT2D eigenvalue weighted by molar-refractivity contribution is 0.299. The van der Waals surface area contributed by atoms with E-state index in [9.17, 15) is 8.42 Å². The van der Waals surface area contributed by atoms with Crippen LogP contribution in [0.4, 0.5) is 0 Å². The second-order valence-corrected chi connectivity index (χ2v) is 8.08. The minimum absolute atomic E-state index is 0. The average Bonchev–Trinajstić information content (AvgIpc) is 2.49. The topological polar surface area (TPSA) is 71.1 Å². The molecule has 1 aromatic heterocycles. The Balaban J connectivity index is 0.00000208. The van der Waals surface area contributed by atoms with Crippen molar-refractivity contribution in [1.82, 2.24) is 15.0 Å². The summed E-state index contributed by atoms with van der Waals surface area (Å²) in [6, 6.07) is 6.77. The van der Waals surface area contributed by atoms with E-state index in [0.717, 1.165) is 23.2 Å². The number of sulfonamides is 1. The van der Waals surface area contributed by atoms with Crippen LogP contribution in [0.1, 0.15) is 26.2 Å². The maximum absolute atomic E-state index is 12.5. The van der Waals surface area contributed by atoms with Gasteiger partial charge in [0, 0.05) is 30.4 Å². The standard InChI is InChI=1S/C17H23N3O2S.ClH/c1-13(10-19-11-14-3-2-4-14)20-23(21,22)17-6-5-16-12-18-8-7-15(16)9-17;/h5-9,12-14,19-20H,2-4,10-11H2,1H3;1H/t13-;/m1./s1. The van der Waals surface area contributed by atoms with E-state index in [-0.39, 0.29) is 18.4 Å². The molecule has 1 aliphatic carbocycles. The molecule has 0 radical (unpaired) electrons. The lowest BCUT2D eigenvalue weighted by atomic mass is 9.85. The Morgan fingerprint density at radius 1 is 1.25 bits per heavy atom. The summed E-state index contributed by atoms with van der Waals surface area (Å²) in [7, 11) is -3.50. The first-order valence-electron chi connectivity index (χ1n) is 8.11. The number of nitrogens with one attached hydrogen (secondary N) is 2. The molecule has 1 aliphatic rings. The first-order chi connectivity index (χ1) is 11.0. The Kier molecular flexibility index (Phi) is 6.57. The lowest BCUT2D eigenvalue weighted by Gasteiger charge is -2.26. The molecular weight excluding hydrogens is 346 g/mol. The largest absolute Gasteiger partial charge is 0.315 e. The van der Waals surface area contributed by atoms with Gasteiger partial charge < -0.3 is 5.32 Å². The van der Waals surface area contributed by atoms with Crippen LogP contribution in [0.2, 0.25) is 0 Å². The van der Waals surface area contributed by atoms with E-state index in [1.165, 1.54) is 19.3 Å². The van der Waals surface area contributed by atoms with Crippen molar-refractivity contribution in [2.24, 2.45) is 5.92 Å². The summed E-state index contributed by atoms with van der Waals surface area (Å²) in [5.74, 6) is 0.771. The van der Waals surface area contributed by atoms with Gasteiger partial charge >= 0.3 is 0 Å². The molecule has 24 heavy (non-hydrogen) atoms. The summed E-state index contributed by atoms with van der Waals surface area (Å²) >= 11 is 0. The quantitative estimate of drug-likeness (QED) is 0.787. The van der Waals surface area contributed by atoms with Crippen LogP contribution in [-0.4, -0.2) is 32.5 Å². The molecular formula is C17H24ClN3O2S. The van der Waals surface area contributed by atoms with E-state index in [2.05, 4.69) is 15.0 Å². The van der Waals surface area contributed by atoms with Crippen LogP contribution >= 0.6 is 12.4 Å². The minimum atomic E-state index is -3.50. The van der Waals surface area contributed by atoms with Crippen LogP contribution in [-0.2, 0) is 10.0 Å². The lowest BCUT2D eigenvalue weighted by Crippen LogP contribution is -2.41. The van der Waals surface area contributed by atoms with E-state index in [1.807, 2.05) is 13.0 Å². The van der Waals surface area contributed by atoms with Crippen LogP contribution in [0.5, 0.6) is 0 Å². The van der Waals surface area contributed by atoms with Gasteiger partial charge in [-0.2, -0.15) is 0 Å². The predicted octanol–water partition coefficient (Wildman–Crippen LogP) is 2.71. The molecule has 2 aromatic rings. The minimum Gasteiger partial charge on any atom is -0.315 e. The molecule has 2 N–H and O–H groups in total. The van der Waals surface area contributed by atoms with E-state index < -0.39 is 10.0 Å². The number of rotatable bonds is 7. The highest BCUT2D eigenvalue weighted by atomic mass is 35.5. The molecule has 132 valence electrons. The Hall–Kier alpha value is -1.21. The van der Waals surface area contributed by atoms with Gasteiger partial charge in [0.25, 0.3) is 0 Å². The SMILES string of the molecule is C[C@H](CNCC1CCC1)NS(=O)(=O)c1ccc2cnccc2c1.Cl. The third kappa shape index (κ3) is 4.66. The van der Waals surface area contributed by atoms with Crippen molar-refractivity contribution in [3.05, 3.63) is 36.7 Å². The molecule has 0 saturated heterocycles. The Morgan fingerprint density at radius 2 is 2.04 bits per heavy atom. The fourth-order valence-corrected chi connectivity index (χ4v) is 4.08.